The van der Waals surface area contributed by atoms with Crippen LogP contribution in [0.5, 0.6) is 0 Å². The molecule has 14 heavy (non-hydrogen) atoms. The van der Waals surface area contributed by atoms with Gasteiger partial charge in [0.25, 0.3) is 11.8 Å². The first-order valence-corrected chi connectivity index (χ1v) is 4.22. The van der Waals surface area contributed by atoms with Crippen LogP contribution in [0, 0.1) is 0 Å². The number of carbonyl (C=O) groups excluding carboxylic acids is 2. The molecule has 0 bridgehead atoms. The van der Waals surface area contributed by atoms with Crippen LogP contribution in [0.25, 0.3) is 0 Å². The fourth-order valence-electron chi connectivity index (χ4n) is 0.879. The summed E-state index contributed by atoms with van der Waals surface area (Å²) < 4.78 is 0. The van der Waals surface area contributed by atoms with Crippen molar-refractivity contribution in [2.75, 3.05) is 6.61 Å². The summed E-state index contributed by atoms with van der Waals surface area (Å²) in [5.41, 5.74) is 0.205. The molecular weight excluding hydrogens is 206 g/mol. The third-order valence-corrected chi connectivity index (χ3v) is 1.84. The predicted molar refractivity (Wildman–Crippen MR) is 51.0 cm³/mol. The van der Waals surface area contributed by atoms with Crippen LogP contribution in [0.3, 0.4) is 0 Å². The topological polar surface area (TPSA) is 66.4 Å². The average Bonchev–Trinajstić information content (AvgIpc) is 2.18. The molecule has 0 radical (unpaired) electrons. The van der Waals surface area contributed by atoms with Crippen molar-refractivity contribution in [1.29, 1.82) is 0 Å². The molecule has 0 fully saturated rings. The Bertz CT molecular complexity index is 365. The Kier molecular flexibility index (Phi) is 3.62. The number of amides is 2. The first kappa shape index (κ1) is 10.7. The van der Waals surface area contributed by atoms with Crippen molar-refractivity contribution in [3.63, 3.8) is 0 Å². The number of hydrogen-bond acceptors (Lipinski definition) is 3. The monoisotopic (exact) mass is 213 g/mol. The van der Waals surface area contributed by atoms with E-state index in [-0.39, 0.29) is 10.6 Å². The van der Waals surface area contributed by atoms with Crippen LogP contribution in [-0.4, -0.2) is 23.5 Å². The zero-order valence-electron chi connectivity index (χ0n) is 7.16. The van der Waals surface area contributed by atoms with E-state index >= 15 is 0 Å². The molecule has 0 atom stereocenters. The second-order valence-corrected chi connectivity index (χ2v) is 2.92. The van der Waals surface area contributed by atoms with E-state index in [1.54, 1.807) is 18.2 Å². The molecule has 0 spiro atoms. The molecule has 1 aromatic rings. The van der Waals surface area contributed by atoms with Crippen LogP contribution >= 0.6 is 11.6 Å². The van der Waals surface area contributed by atoms with Gasteiger partial charge in [-0.1, -0.05) is 23.7 Å². The SMILES string of the molecule is O=C(CO)NC(=O)c1ccccc1Cl. The number of benzene rings is 1. The minimum atomic E-state index is -0.755. The van der Waals surface area contributed by atoms with Crippen molar-refractivity contribution >= 4 is 23.4 Å². The second-order valence-electron chi connectivity index (χ2n) is 2.52. The molecule has 0 aliphatic heterocycles. The van der Waals surface area contributed by atoms with Crippen LogP contribution in [0.15, 0.2) is 24.3 Å². The molecule has 0 heterocycles. The zero-order valence-corrected chi connectivity index (χ0v) is 7.91. The number of hydrogen-bond donors (Lipinski definition) is 2. The molecule has 0 saturated carbocycles. The van der Waals surface area contributed by atoms with Gasteiger partial charge in [-0.15, -0.1) is 0 Å². The molecule has 74 valence electrons. The van der Waals surface area contributed by atoms with Crippen molar-refractivity contribution < 1.29 is 14.7 Å². The summed E-state index contributed by atoms with van der Waals surface area (Å²) in [6.07, 6.45) is 0. The Morgan fingerprint density at radius 1 is 1.36 bits per heavy atom. The summed E-state index contributed by atoms with van der Waals surface area (Å²) >= 11 is 5.71. The molecule has 2 N–H and O–H groups in total. The highest BCUT2D eigenvalue weighted by Crippen LogP contribution is 2.14. The quantitative estimate of drug-likeness (QED) is 0.756. The van der Waals surface area contributed by atoms with Gasteiger partial charge >= 0.3 is 0 Å². The van der Waals surface area contributed by atoms with E-state index < -0.39 is 18.4 Å². The first-order chi connectivity index (χ1) is 6.65. The highest BCUT2D eigenvalue weighted by molar-refractivity contribution is 6.34. The molecule has 5 heteroatoms. The summed E-state index contributed by atoms with van der Waals surface area (Å²) in [5, 5.41) is 10.6. The minimum Gasteiger partial charge on any atom is -0.387 e. The number of nitrogens with one attached hydrogen (secondary N) is 1. The largest absolute Gasteiger partial charge is 0.387 e. The molecular formula is C9H8ClNO3. The molecule has 0 unspecified atom stereocenters. The van der Waals surface area contributed by atoms with Crippen molar-refractivity contribution in [2.45, 2.75) is 0 Å². The van der Waals surface area contributed by atoms with Gasteiger partial charge in [0.15, 0.2) is 0 Å². The summed E-state index contributed by atoms with van der Waals surface area (Å²) in [6, 6.07) is 6.33. The third-order valence-electron chi connectivity index (χ3n) is 1.52. The van der Waals surface area contributed by atoms with Gasteiger partial charge in [-0.05, 0) is 12.1 Å². The van der Waals surface area contributed by atoms with Gasteiger partial charge < -0.3 is 5.11 Å². The lowest BCUT2D eigenvalue weighted by molar-refractivity contribution is -0.122. The maximum absolute atomic E-state index is 11.3. The van der Waals surface area contributed by atoms with Gasteiger partial charge in [0, 0.05) is 0 Å². The summed E-state index contributed by atoms with van der Waals surface area (Å²) in [6.45, 7) is -0.726. The summed E-state index contributed by atoms with van der Waals surface area (Å²) in [5.74, 6) is -1.37. The number of aliphatic hydroxyl groups excluding tert-OH is 1. The van der Waals surface area contributed by atoms with E-state index in [0.717, 1.165) is 0 Å². The molecule has 0 aromatic heterocycles. The normalized spacial score (nSPS) is 9.57. The lowest BCUT2D eigenvalue weighted by Crippen LogP contribution is -2.32. The fourth-order valence-corrected chi connectivity index (χ4v) is 1.10. The minimum absolute atomic E-state index is 0.205. The number of aliphatic hydroxyl groups is 1. The predicted octanol–water partition coefficient (Wildman–Crippen LogP) is 0.589. The first-order valence-electron chi connectivity index (χ1n) is 3.84. The Labute approximate surface area is 85.5 Å². The van der Waals surface area contributed by atoms with Gasteiger partial charge in [0.2, 0.25) is 0 Å². The van der Waals surface area contributed by atoms with E-state index in [2.05, 4.69) is 0 Å². The van der Waals surface area contributed by atoms with Gasteiger partial charge in [-0.2, -0.15) is 0 Å². The maximum atomic E-state index is 11.3. The zero-order chi connectivity index (χ0) is 10.6. The maximum Gasteiger partial charge on any atom is 0.259 e. The van der Waals surface area contributed by atoms with E-state index in [4.69, 9.17) is 16.7 Å². The lowest BCUT2D eigenvalue weighted by Gasteiger charge is -2.03. The second kappa shape index (κ2) is 4.74. The molecule has 0 aliphatic carbocycles. The van der Waals surface area contributed by atoms with Gasteiger partial charge in [-0.25, -0.2) is 0 Å². The lowest BCUT2D eigenvalue weighted by atomic mass is 10.2. The van der Waals surface area contributed by atoms with Crippen LogP contribution in [0.4, 0.5) is 0 Å². The van der Waals surface area contributed by atoms with Gasteiger partial charge in [0.1, 0.15) is 6.61 Å². The van der Waals surface area contributed by atoms with E-state index in [9.17, 15) is 9.59 Å². The Hall–Kier alpha value is -1.39. The molecule has 4 nitrogen and oxygen atoms in total. The fraction of sp³-hybridized carbons (Fsp3) is 0.111. The van der Waals surface area contributed by atoms with E-state index in [1.165, 1.54) is 6.07 Å². The smallest absolute Gasteiger partial charge is 0.259 e. The Morgan fingerprint density at radius 3 is 2.57 bits per heavy atom. The van der Waals surface area contributed by atoms with Crippen molar-refractivity contribution in [2.24, 2.45) is 0 Å². The summed E-state index contributed by atoms with van der Waals surface area (Å²) in [7, 11) is 0. The van der Waals surface area contributed by atoms with Gasteiger partial charge in [-0.3, -0.25) is 14.9 Å². The number of imide groups is 1. The highest BCUT2D eigenvalue weighted by atomic mass is 35.5. The summed E-state index contributed by atoms with van der Waals surface area (Å²) in [4.78, 5) is 22.0. The van der Waals surface area contributed by atoms with Crippen molar-refractivity contribution in [1.82, 2.24) is 5.32 Å². The van der Waals surface area contributed by atoms with Crippen LogP contribution in [-0.2, 0) is 4.79 Å². The van der Waals surface area contributed by atoms with Crippen LogP contribution in [0.1, 0.15) is 10.4 Å². The standard InChI is InChI=1S/C9H8ClNO3/c10-7-4-2-1-3-6(7)9(14)11-8(13)5-12/h1-4,12H,5H2,(H,11,13,14). The van der Waals surface area contributed by atoms with Crippen LogP contribution in [0.2, 0.25) is 5.02 Å². The molecule has 1 rings (SSSR count). The van der Waals surface area contributed by atoms with E-state index in [1.807, 2.05) is 5.32 Å². The van der Waals surface area contributed by atoms with Crippen LogP contribution < -0.4 is 5.32 Å². The van der Waals surface area contributed by atoms with Crippen molar-refractivity contribution in [3.8, 4) is 0 Å². The van der Waals surface area contributed by atoms with E-state index in [0.29, 0.717) is 0 Å². The van der Waals surface area contributed by atoms with Gasteiger partial charge in [0.05, 0.1) is 10.6 Å². The Balaban J connectivity index is 2.80. The average molecular weight is 214 g/mol. The molecule has 2 amide bonds. The highest BCUT2D eigenvalue weighted by Gasteiger charge is 2.11. The van der Waals surface area contributed by atoms with Crippen molar-refractivity contribution in [3.05, 3.63) is 34.9 Å². The molecule has 0 saturated heterocycles. The molecule has 0 aliphatic rings. The number of carbonyl (C=O) groups is 2. The number of halogens is 1. The molecule has 1 aromatic carbocycles. The number of rotatable bonds is 2. The third kappa shape index (κ3) is 2.55. The Morgan fingerprint density at radius 2 is 2.00 bits per heavy atom.